The lowest BCUT2D eigenvalue weighted by Crippen LogP contribution is -2.32. The monoisotopic (exact) mass is 285 g/mol. The van der Waals surface area contributed by atoms with Gasteiger partial charge in [-0.15, -0.1) is 0 Å². The van der Waals surface area contributed by atoms with E-state index in [9.17, 15) is 9.59 Å². The number of hydrogen-bond acceptors (Lipinski definition) is 4. The fourth-order valence-electron chi connectivity index (χ4n) is 2.67. The zero-order valence-electron chi connectivity index (χ0n) is 11.6. The Bertz CT molecular complexity index is 651. The van der Waals surface area contributed by atoms with Gasteiger partial charge in [-0.25, -0.2) is 0 Å². The van der Waals surface area contributed by atoms with Crippen LogP contribution in [0.3, 0.4) is 0 Å². The van der Waals surface area contributed by atoms with Gasteiger partial charge in [0.15, 0.2) is 0 Å². The van der Waals surface area contributed by atoms with Crippen molar-refractivity contribution in [2.45, 2.75) is 13.0 Å². The standard InChI is InChI=1S/C16H15NO4/c1-21-14-5-4-10(7-11(14)3-2-6-18)9-17-15(19)12-8-13(12)16(17)20/h4-5,7,12-13,18H,6,8-9H2,1H3. The number of likely N-dealkylation sites (tertiary alicyclic amines) is 1. The lowest BCUT2D eigenvalue weighted by atomic mass is 10.1. The zero-order valence-corrected chi connectivity index (χ0v) is 11.6. The number of aliphatic hydroxyl groups is 1. The van der Waals surface area contributed by atoms with E-state index in [-0.39, 0.29) is 36.8 Å². The van der Waals surface area contributed by atoms with Gasteiger partial charge >= 0.3 is 0 Å². The van der Waals surface area contributed by atoms with E-state index < -0.39 is 0 Å². The first kappa shape index (κ1) is 13.7. The first-order valence-corrected chi connectivity index (χ1v) is 6.77. The predicted octanol–water partition coefficient (Wildman–Crippen LogP) is 0.544. The summed E-state index contributed by atoms with van der Waals surface area (Å²) in [6, 6.07) is 5.35. The van der Waals surface area contributed by atoms with Crippen molar-refractivity contribution in [1.82, 2.24) is 4.90 Å². The summed E-state index contributed by atoms with van der Waals surface area (Å²) in [5.41, 5.74) is 1.45. The molecule has 2 unspecified atom stereocenters. The number of amides is 2. The lowest BCUT2D eigenvalue weighted by molar-refractivity contribution is -0.142. The molecule has 0 radical (unpaired) electrons. The normalized spacial score (nSPS) is 22.7. The Kier molecular flexibility index (Phi) is 3.40. The molecule has 21 heavy (non-hydrogen) atoms. The van der Waals surface area contributed by atoms with Crippen LogP contribution in [-0.2, 0) is 16.1 Å². The molecule has 0 aromatic heterocycles. The topological polar surface area (TPSA) is 66.8 Å². The summed E-state index contributed by atoms with van der Waals surface area (Å²) in [6.07, 6.45) is 0.712. The van der Waals surface area contributed by atoms with Gasteiger partial charge in [-0.3, -0.25) is 14.5 Å². The highest BCUT2D eigenvalue weighted by atomic mass is 16.5. The Morgan fingerprint density at radius 2 is 2.05 bits per heavy atom. The molecule has 5 heteroatoms. The predicted molar refractivity (Wildman–Crippen MR) is 74.1 cm³/mol. The molecule has 0 spiro atoms. The smallest absolute Gasteiger partial charge is 0.233 e. The fraction of sp³-hybridized carbons (Fsp3) is 0.375. The maximum Gasteiger partial charge on any atom is 0.233 e. The molecule has 108 valence electrons. The second-order valence-corrected chi connectivity index (χ2v) is 5.21. The van der Waals surface area contributed by atoms with Gasteiger partial charge in [0.25, 0.3) is 0 Å². The molecule has 2 amide bonds. The third kappa shape index (κ3) is 2.39. The Hall–Kier alpha value is -2.32. The summed E-state index contributed by atoms with van der Waals surface area (Å²) < 4.78 is 5.20. The third-order valence-electron chi connectivity index (χ3n) is 3.86. The third-order valence-corrected chi connectivity index (χ3v) is 3.86. The summed E-state index contributed by atoms with van der Waals surface area (Å²) in [5.74, 6) is 5.68. The molecule has 1 saturated carbocycles. The SMILES string of the molecule is COc1ccc(CN2C(=O)C3CC3C2=O)cc1C#CCO. The van der Waals surface area contributed by atoms with E-state index in [2.05, 4.69) is 11.8 Å². The van der Waals surface area contributed by atoms with Gasteiger partial charge in [0.05, 0.1) is 31.1 Å². The highest BCUT2D eigenvalue weighted by Gasteiger charge is 2.58. The maximum absolute atomic E-state index is 12.0. The van der Waals surface area contributed by atoms with Crippen LogP contribution in [0.1, 0.15) is 17.5 Å². The molecular weight excluding hydrogens is 270 g/mol. The van der Waals surface area contributed by atoms with Crippen LogP contribution in [0.2, 0.25) is 0 Å². The van der Waals surface area contributed by atoms with Crippen LogP contribution in [0, 0.1) is 23.7 Å². The van der Waals surface area contributed by atoms with Crippen molar-refractivity contribution in [1.29, 1.82) is 0 Å². The van der Waals surface area contributed by atoms with Gasteiger partial charge in [-0.05, 0) is 24.1 Å². The van der Waals surface area contributed by atoms with E-state index in [1.165, 1.54) is 4.90 Å². The molecule has 1 N–H and O–H groups in total. The van der Waals surface area contributed by atoms with E-state index in [1.807, 2.05) is 6.07 Å². The van der Waals surface area contributed by atoms with E-state index in [0.717, 1.165) is 5.56 Å². The summed E-state index contributed by atoms with van der Waals surface area (Å²) in [4.78, 5) is 25.2. The number of piperidine rings is 1. The minimum atomic E-state index is -0.236. The van der Waals surface area contributed by atoms with Crippen LogP contribution in [0.15, 0.2) is 18.2 Å². The average Bonchev–Trinajstić information content (AvgIpc) is 3.25. The van der Waals surface area contributed by atoms with Crippen molar-refractivity contribution in [3.05, 3.63) is 29.3 Å². The van der Waals surface area contributed by atoms with Crippen LogP contribution in [0.25, 0.3) is 0 Å². The van der Waals surface area contributed by atoms with Crippen LogP contribution in [-0.4, -0.2) is 35.5 Å². The molecule has 1 aromatic carbocycles. The number of ether oxygens (including phenoxy) is 1. The summed E-state index contributed by atoms with van der Waals surface area (Å²) in [6.45, 7) is 0.0301. The number of methoxy groups -OCH3 is 1. The van der Waals surface area contributed by atoms with Crippen LogP contribution >= 0.6 is 0 Å². The molecular formula is C16H15NO4. The van der Waals surface area contributed by atoms with Gasteiger partial charge < -0.3 is 9.84 Å². The summed E-state index contributed by atoms with van der Waals surface area (Å²) >= 11 is 0. The van der Waals surface area contributed by atoms with Crippen molar-refractivity contribution in [2.75, 3.05) is 13.7 Å². The minimum Gasteiger partial charge on any atom is -0.495 e. The molecule has 1 aliphatic carbocycles. The van der Waals surface area contributed by atoms with Crippen molar-refractivity contribution in [2.24, 2.45) is 11.8 Å². The zero-order chi connectivity index (χ0) is 15.0. The number of carbonyl (C=O) groups excluding carboxylic acids is 2. The number of rotatable bonds is 3. The number of imide groups is 1. The van der Waals surface area contributed by atoms with Crippen molar-refractivity contribution < 1.29 is 19.4 Å². The number of aliphatic hydroxyl groups excluding tert-OH is 1. The van der Waals surface area contributed by atoms with Gasteiger partial charge in [-0.2, -0.15) is 0 Å². The molecule has 2 aliphatic rings. The molecule has 1 saturated heterocycles. The Morgan fingerprint density at radius 1 is 1.33 bits per heavy atom. The highest BCUT2D eigenvalue weighted by molar-refractivity contribution is 6.08. The summed E-state index contributed by atoms with van der Waals surface area (Å²) in [5, 5.41) is 8.78. The van der Waals surface area contributed by atoms with Gasteiger partial charge in [-0.1, -0.05) is 17.9 Å². The average molecular weight is 285 g/mol. The van der Waals surface area contributed by atoms with Crippen LogP contribution in [0.5, 0.6) is 5.75 Å². The van der Waals surface area contributed by atoms with Crippen molar-refractivity contribution in [3.8, 4) is 17.6 Å². The molecule has 3 rings (SSSR count). The largest absolute Gasteiger partial charge is 0.495 e. The van der Waals surface area contributed by atoms with Gasteiger partial charge in [0, 0.05) is 0 Å². The fourth-order valence-corrected chi connectivity index (χ4v) is 2.67. The minimum absolute atomic E-state index is 0.0659. The molecule has 2 fully saturated rings. The lowest BCUT2D eigenvalue weighted by Gasteiger charge is -2.17. The van der Waals surface area contributed by atoms with Crippen molar-refractivity contribution >= 4 is 11.8 Å². The molecule has 5 nitrogen and oxygen atoms in total. The first-order chi connectivity index (χ1) is 10.2. The van der Waals surface area contributed by atoms with Crippen molar-refractivity contribution in [3.63, 3.8) is 0 Å². The molecule has 1 aliphatic heterocycles. The van der Waals surface area contributed by atoms with Gasteiger partial charge in [0.2, 0.25) is 11.8 Å². The number of carbonyl (C=O) groups is 2. The van der Waals surface area contributed by atoms with E-state index in [0.29, 0.717) is 17.7 Å². The Balaban J connectivity index is 1.83. The van der Waals surface area contributed by atoms with E-state index in [1.54, 1.807) is 19.2 Å². The molecule has 1 aromatic rings. The second kappa shape index (κ2) is 5.23. The second-order valence-electron chi connectivity index (χ2n) is 5.21. The molecule has 2 atom stereocenters. The Morgan fingerprint density at radius 3 is 2.67 bits per heavy atom. The Labute approximate surface area is 122 Å². The molecule has 0 bridgehead atoms. The highest BCUT2D eigenvalue weighted by Crippen LogP contribution is 2.47. The summed E-state index contributed by atoms with van der Waals surface area (Å²) in [7, 11) is 1.54. The van der Waals surface area contributed by atoms with E-state index >= 15 is 0 Å². The number of hydrogen-bond donors (Lipinski definition) is 1. The number of benzene rings is 1. The number of fused-ring (bicyclic) bond motifs is 1. The van der Waals surface area contributed by atoms with Gasteiger partial charge in [0.1, 0.15) is 12.4 Å². The number of nitrogens with zero attached hydrogens (tertiary/aromatic N) is 1. The van der Waals surface area contributed by atoms with Crippen LogP contribution < -0.4 is 4.74 Å². The quantitative estimate of drug-likeness (QED) is 0.650. The van der Waals surface area contributed by atoms with E-state index in [4.69, 9.17) is 9.84 Å². The maximum atomic E-state index is 12.0. The van der Waals surface area contributed by atoms with Crippen LogP contribution in [0.4, 0.5) is 0 Å². The molecule has 1 heterocycles. The first-order valence-electron chi connectivity index (χ1n) is 6.77.